The quantitative estimate of drug-likeness (QED) is 0.911. The molecule has 7 heteroatoms. The van der Waals surface area contributed by atoms with E-state index < -0.39 is 11.9 Å². The number of carbonyl (C=O) groups excluding carboxylic acids is 1. The van der Waals surface area contributed by atoms with Gasteiger partial charge < -0.3 is 15.0 Å². The van der Waals surface area contributed by atoms with E-state index in [0.717, 1.165) is 0 Å². The largest absolute Gasteiger partial charge is 0.480 e. The number of amides is 1. The van der Waals surface area contributed by atoms with Crippen LogP contribution >= 0.6 is 23.2 Å². The molecule has 104 valence electrons. The van der Waals surface area contributed by atoms with Gasteiger partial charge in [-0.2, -0.15) is 0 Å². The fourth-order valence-electron chi connectivity index (χ4n) is 1.72. The van der Waals surface area contributed by atoms with Crippen molar-refractivity contribution in [2.45, 2.75) is 6.54 Å². The minimum atomic E-state index is -1.03. The fourth-order valence-corrected chi connectivity index (χ4v) is 2.25. The molecule has 0 atom stereocenters. The number of carboxylic acids is 1. The molecule has 1 heterocycles. The first-order valence-electron chi connectivity index (χ1n) is 5.60. The van der Waals surface area contributed by atoms with Crippen LogP contribution in [0.3, 0.4) is 0 Å². The highest BCUT2D eigenvalue weighted by atomic mass is 35.5. The van der Waals surface area contributed by atoms with Crippen LogP contribution in [0.4, 0.5) is 5.69 Å². The van der Waals surface area contributed by atoms with E-state index in [1.54, 1.807) is 24.3 Å². The smallest absolute Gasteiger partial charge is 0.323 e. The van der Waals surface area contributed by atoms with Gasteiger partial charge in [0.1, 0.15) is 12.2 Å². The lowest BCUT2D eigenvalue weighted by atomic mass is 10.3. The number of hydrogen-bond acceptors (Lipinski definition) is 2. The normalized spacial score (nSPS) is 10.3. The average molecular weight is 313 g/mol. The van der Waals surface area contributed by atoms with Crippen molar-refractivity contribution < 1.29 is 14.7 Å². The lowest BCUT2D eigenvalue weighted by Gasteiger charge is -2.08. The molecule has 5 nitrogen and oxygen atoms in total. The number of nitrogens with one attached hydrogen (secondary N) is 1. The molecule has 1 aromatic heterocycles. The Balaban J connectivity index is 2.20. The highest BCUT2D eigenvalue weighted by Crippen LogP contribution is 2.22. The summed E-state index contributed by atoms with van der Waals surface area (Å²) in [5.74, 6) is -1.46. The number of aliphatic carboxylic acids is 1. The summed E-state index contributed by atoms with van der Waals surface area (Å²) < 4.78 is 1.34. The predicted molar refractivity (Wildman–Crippen MR) is 76.5 cm³/mol. The topological polar surface area (TPSA) is 71.3 Å². The number of carbonyl (C=O) groups is 2. The molecule has 0 saturated heterocycles. The summed E-state index contributed by atoms with van der Waals surface area (Å²) in [4.78, 5) is 22.8. The van der Waals surface area contributed by atoms with E-state index in [-0.39, 0.29) is 12.2 Å². The van der Waals surface area contributed by atoms with Gasteiger partial charge in [0.05, 0.1) is 0 Å². The zero-order chi connectivity index (χ0) is 14.7. The van der Waals surface area contributed by atoms with Crippen molar-refractivity contribution in [2.75, 3.05) is 5.32 Å². The molecule has 2 rings (SSSR count). The molecule has 0 aliphatic carbocycles. The molecule has 0 unspecified atom stereocenters. The van der Waals surface area contributed by atoms with Gasteiger partial charge in [0.25, 0.3) is 5.91 Å². The molecule has 0 aliphatic rings. The van der Waals surface area contributed by atoms with Gasteiger partial charge in [-0.1, -0.05) is 23.2 Å². The van der Waals surface area contributed by atoms with Crippen molar-refractivity contribution >= 4 is 40.8 Å². The van der Waals surface area contributed by atoms with E-state index in [1.807, 2.05) is 0 Å². The number of aromatic nitrogens is 1. The van der Waals surface area contributed by atoms with Crippen LogP contribution in [0.5, 0.6) is 0 Å². The molecular weight excluding hydrogens is 303 g/mol. The van der Waals surface area contributed by atoms with Crippen LogP contribution in [0.25, 0.3) is 0 Å². The summed E-state index contributed by atoms with van der Waals surface area (Å²) in [7, 11) is 0. The van der Waals surface area contributed by atoms with E-state index in [1.165, 1.54) is 16.8 Å². The second-order valence-corrected chi connectivity index (χ2v) is 4.90. The lowest BCUT2D eigenvalue weighted by Crippen LogP contribution is -2.19. The summed E-state index contributed by atoms with van der Waals surface area (Å²) >= 11 is 11.7. The highest BCUT2D eigenvalue weighted by molar-refractivity contribution is 6.35. The molecule has 1 aromatic carbocycles. The first-order chi connectivity index (χ1) is 9.45. The van der Waals surface area contributed by atoms with Gasteiger partial charge in [-0.15, -0.1) is 0 Å². The molecule has 2 aromatic rings. The van der Waals surface area contributed by atoms with Crippen LogP contribution in [0.15, 0.2) is 36.5 Å². The number of nitrogens with zero attached hydrogens (tertiary/aromatic N) is 1. The standard InChI is InChI=1S/C13H10Cl2N2O3/c14-8-4-9(15)6-10(5-8)16-13(20)11-2-1-3-17(11)7-12(18)19/h1-6H,7H2,(H,16,20)(H,18,19). The summed E-state index contributed by atoms with van der Waals surface area (Å²) in [5.41, 5.74) is 0.680. The first kappa shape index (κ1) is 14.4. The van der Waals surface area contributed by atoms with Gasteiger partial charge in [0.15, 0.2) is 0 Å². The van der Waals surface area contributed by atoms with Crippen LogP contribution in [-0.2, 0) is 11.3 Å². The molecule has 0 saturated carbocycles. The molecule has 1 amide bonds. The first-order valence-corrected chi connectivity index (χ1v) is 6.35. The van der Waals surface area contributed by atoms with Gasteiger partial charge in [-0.25, -0.2) is 0 Å². The van der Waals surface area contributed by atoms with Crippen LogP contribution in [0.2, 0.25) is 10.0 Å². The molecule has 0 fully saturated rings. The molecular formula is C13H10Cl2N2O3. The maximum absolute atomic E-state index is 12.1. The Hall–Kier alpha value is -1.98. The minimum Gasteiger partial charge on any atom is -0.480 e. The average Bonchev–Trinajstić information content (AvgIpc) is 2.74. The van der Waals surface area contributed by atoms with Crippen LogP contribution in [0, 0.1) is 0 Å². The summed E-state index contributed by atoms with van der Waals surface area (Å²) in [6.45, 7) is -0.286. The van der Waals surface area contributed by atoms with Crippen molar-refractivity contribution in [2.24, 2.45) is 0 Å². The van der Waals surface area contributed by atoms with Gasteiger partial charge in [-0.05, 0) is 30.3 Å². The highest BCUT2D eigenvalue weighted by Gasteiger charge is 2.13. The second kappa shape index (κ2) is 5.98. The number of halogens is 2. The summed E-state index contributed by atoms with van der Waals surface area (Å²) in [6, 6.07) is 7.78. The zero-order valence-corrected chi connectivity index (χ0v) is 11.6. The third-order valence-corrected chi connectivity index (χ3v) is 2.92. The Labute approximate surface area is 124 Å². The number of hydrogen-bond donors (Lipinski definition) is 2. The molecule has 0 spiro atoms. The monoisotopic (exact) mass is 312 g/mol. The Kier molecular flexibility index (Phi) is 4.32. The van der Waals surface area contributed by atoms with Crippen molar-refractivity contribution in [1.82, 2.24) is 4.57 Å². The molecule has 0 bridgehead atoms. The van der Waals surface area contributed by atoms with Gasteiger partial charge in [0, 0.05) is 21.9 Å². The molecule has 2 N–H and O–H groups in total. The Morgan fingerprint density at radius 3 is 2.45 bits per heavy atom. The van der Waals surface area contributed by atoms with Gasteiger partial charge in [0.2, 0.25) is 0 Å². The van der Waals surface area contributed by atoms with E-state index in [0.29, 0.717) is 15.7 Å². The third-order valence-electron chi connectivity index (χ3n) is 2.49. The molecule has 0 radical (unpaired) electrons. The SMILES string of the molecule is O=C(O)Cn1cccc1C(=O)Nc1cc(Cl)cc(Cl)c1. The number of rotatable bonds is 4. The maximum atomic E-state index is 12.1. The van der Waals surface area contributed by atoms with E-state index in [2.05, 4.69) is 5.32 Å². The second-order valence-electron chi connectivity index (χ2n) is 4.03. The zero-order valence-electron chi connectivity index (χ0n) is 10.1. The number of carboxylic acid groups (broad SMARTS) is 1. The van der Waals surface area contributed by atoms with Crippen molar-refractivity contribution in [1.29, 1.82) is 0 Å². The Morgan fingerprint density at radius 1 is 1.20 bits per heavy atom. The van der Waals surface area contributed by atoms with Crippen LogP contribution in [0.1, 0.15) is 10.5 Å². The maximum Gasteiger partial charge on any atom is 0.323 e. The molecule has 0 aliphatic heterocycles. The van der Waals surface area contributed by atoms with Crippen LogP contribution < -0.4 is 5.32 Å². The Morgan fingerprint density at radius 2 is 1.85 bits per heavy atom. The van der Waals surface area contributed by atoms with Crippen molar-refractivity contribution in [3.05, 3.63) is 52.3 Å². The van der Waals surface area contributed by atoms with Gasteiger partial charge in [-0.3, -0.25) is 9.59 Å². The number of anilines is 1. The van der Waals surface area contributed by atoms with Gasteiger partial charge >= 0.3 is 5.97 Å². The Bertz CT molecular complexity index is 647. The summed E-state index contributed by atoms with van der Waals surface area (Å²) in [5, 5.41) is 12.2. The fraction of sp³-hybridized carbons (Fsp3) is 0.0769. The summed E-state index contributed by atoms with van der Waals surface area (Å²) in [6.07, 6.45) is 1.52. The van der Waals surface area contributed by atoms with E-state index >= 15 is 0 Å². The third kappa shape index (κ3) is 3.53. The van der Waals surface area contributed by atoms with E-state index in [9.17, 15) is 9.59 Å². The molecule has 20 heavy (non-hydrogen) atoms. The minimum absolute atomic E-state index is 0.239. The van der Waals surface area contributed by atoms with Crippen molar-refractivity contribution in [3.63, 3.8) is 0 Å². The predicted octanol–water partition coefficient (Wildman–Crippen LogP) is 3.13. The van der Waals surface area contributed by atoms with E-state index in [4.69, 9.17) is 28.3 Å². The number of benzene rings is 1. The van der Waals surface area contributed by atoms with Crippen LogP contribution in [-0.4, -0.2) is 21.6 Å². The van der Waals surface area contributed by atoms with Crippen molar-refractivity contribution in [3.8, 4) is 0 Å². The lowest BCUT2D eigenvalue weighted by molar-refractivity contribution is -0.137.